The van der Waals surface area contributed by atoms with E-state index in [2.05, 4.69) is 4.90 Å². The Morgan fingerprint density at radius 1 is 1.35 bits per heavy atom. The van der Waals surface area contributed by atoms with Gasteiger partial charge in [0.05, 0.1) is 0 Å². The van der Waals surface area contributed by atoms with Gasteiger partial charge in [0.2, 0.25) is 12.7 Å². The normalized spacial score (nSPS) is 19.5. The number of amides is 1. The number of aliphatic hydroxyl groups is 1. The van der Waals surface area contributed by atoms with Gasteiger partial charge in [0.25, 0.3) is 0 Å². The molecule has 3 rings (SSSR count). The smallest absolute Gasteiger partial charge is 0.231 e. The highest BCUT2D eigenvalue weighted by atomic mass is 16.7. The van der Waals surface area contributed by atoms with Crippen LogP contribution in [0.1, 0.15) is 12.8 Å². The number of rotatable bonds is 6. The molecule has 23 heavy (non-hydrogen) atoms. The average molecular weight is 322 g/mol. The molecular formula is C16H22N2O5. The van der Waals surface area contributed by atoms with Gasteiger partial charge in [-0.1, -0.05) is 0 Å². The summed E-state index contributed by atoms with van der Waals surface area (Å²) >= 11 is 0. The number of aliphatic hydroxyl groups excluding tert-OH is 1. The number of β-amino-alcohol motifs (C(OH)–C–C–N with tert-alkyl or cyclic N) is 1. The van der Waals surface area contributed by atoms with Gasteiger partial charge in [-0.15, -0.1) is 0 Å². The number of hydrogen-bond donors (Lipinski definition) is 2. The zero-order valence-electron chi connectivity index (χ0n) is 12.9. The second kappa shape index (κ2) is 7.06. The number of nitrogens with two attached hydrogens (primary N) is 1. The van der Waals surface area contributed by atoms with Crippen molar-refractivity contribution in [2.75, 3.05) is 33.0 Å². The van der Waals surface area contributed by atoms with Gasteiger partial charge in [0.15, 0.2) is 11.5 Å². The predicted molar refractivity (Wildman–Crippen MR) is 82.4 cm³/mol. The Morgan fingerprint density at radius 2 is 2.09 bits per heavy atom. The summed E-state index contributed by atoms with van der Waals surface area (Å²) in [4.78, 5) is 13.3. The van der Waals surface area contributed by atoms with E-state index in [9.17, 15) is 9.90 Å². The number of likely N-dealkylation sites (tertiary alicyclic amines) is 1. The number of nitrogens with zero attached hydrogens (tertiary/aromatic N) is 1. The largest absolute Gasteiger partial charge is 0.491 e. The summed E-state index contributed by atoms with van der Waals surface area (Å²) in [7, 11) is 0. The molecule has 1 aromatic carbocycles. The van der Waals surface area contributed by atoms with E-state index in [-0.39, 0.29) is 25.2 Å². The molecule has 0 radical (unpaired) electrons. The van der Waals surface area contributed by atoms with Crippen LogP contribution in [0.5, 0.6) is 17.2 Å². The minimum Gasteiger partial charge on any atom is -0.491 e. The van der Waals surface area contributed by atoms with Crippen LogP contribution in [0, 0.1) is 5.92 Å². The first kappa shape index (κ1) is 15.9. The second-order valence-corrected chi connectivity index (χ2v) is 5.96. The number of fused-ring (bicyclic) bond motifs is 1. The molecule has 1 fully saturated rings. The number of hydrogen-bond acceptors (Lipinski definition) is 6. The van der Waals surface area contributed by atoms with Crippen LogP contribution >= 0.6 is 0 Å². The first-order chi connectivity index (χ1) is 11.1. The lowest BCUT2D eigenvalue weighted by atomic mass is 9.96. The van der Waals surface area contributed by atoms with Crippen molar-refractivity contribution in [1.82, 2.24) is 4.90 Å². The van der Waals surface area contributed by atoms with Crippen LogP contribution in [0.4, 0.5) is 0 Å². The summed E-state index contributed by atoms with van der Waals surface area (Å²) in [5, 5.41) is 10.1. The minimum atomic E-state index is -0.592. The maximum Gasteiger partial charge on any atom is 0.231 e. The van der Waals surface area contributed by atoms with Gasteiger partial charge in [0, 0.05) is 18.5 Å². The van der Waals surface area contributed by atoms with Gasteiger partial charge in [-0.2, -0.15) is 0 Å². The predicted octanol–water partition coefficient (Wildman–Crippen LogP) is 0.352. The van der Waals surface area contributed by atoms with Crippen molar-refractivity contribution >= 4 is 5.91 Å². The number of carbonyl (C=O) groups excluding carboxylic acids is 1. The number of carbonyl (C=O) groups is 1. The lowest BCUT2D eigenvalue weighted by molar-refractivity contribution is -0.123. The fourth-order valence-electron chi connectivity index (χ4n) is 2.91. The molecule has 3 N–H and O–H groups in total. The van der Waals surface area contributed by atoms with Crippen LogP contribution in [0.25, 0.3) is 0 Å². The summed E-state index contributed by atoms with van der Waals surface area (Å²) in [6, 6.07) is 5.34. The molecule has 1 amide bonds. The van der Waals surface area contributed by atoms with Crippen molar-refractivity contribution in [1.29, 1.82) is 0 Å². The van der Waals surface area contributed by atoms with E-state index in [1.54, 1.807) is 18.2 Å². The molecule has 0 aromatic heterocycles. The molecule has 7 nitrogen and oxygen atoms in total. The molecule has 2 heterocycles. The highest BCUT2D eigenvalue weighted by molar-refractivity contribution is 5.76. The van der Waals surface area contributed by atoms with E-state index in [4.69, 9.17) is 19.9 Å². The Morgan fingerprint density at radius 3 is 2.83 bits per heavy atom. The molecule has 0 bridgehead atoms. The van der Waals surface area contributed by atoms with Crippen LogP contribution in [0.3, 0.4) is 0 Å². The molecule has 0 spiro atoms. The number of primary amides is 1. The Labute approximate surface area is 134 Å². The van der Waals surface area contributed by atoms with Gasteiger partial charge >= 0.3 is 0 Å². The first-order valence-electron chi connectivity index (χ1n) is 7.84. The maximum absolute atomic E-state index is 11.1. The molecule has 7 heteroatoms. The summed E-state index contributed by atoms with van der Waals surface area (Å²) < 4.78 is 16.1. The van der Waals surface area contributed by atoms with Gasteiger partial charge in [0.1, 0.15) is 18.5 Å². The molecule has 1 aromatic rings. The molecule has 1 unspecified atom stereocenters. The van der Waals surface area contributed by atoms with Crippen molar-refractivity contribution < 1.29 is 24.1 Å². The summed E-state index contributed by atoms with van der Waals surface area (Å²) in [6.07, 6.45) is 0.918. The lowest BCUT2D eigenvalue weighted by Crippen LogP contribution is -2.43. The van der Waals surface area contributed by atoms with E-state index in [1.807, 2.05) is 0 Å². The van der Waals surface area contributed by atoms with E-state index in [0.29, 0.717) is 23.8 Å². The van der Waals surface area contributed by atoms with Crippen LogP contribution in [-0.2, 0) is 4.79 Å². The van der Waals surface area contributed by atoms with Crippen LogP contribution < -0.4 is 19.9 Å². The zero-order chi connectivity index (χ0) is 16.2. The maximum atomic E-state index is 11.1. The van der Waals surface area contributed by atoms with Gasteiger partial charge in [-0.05, 0) is 38.1 Å². The van der Waals surface area contributed by atoms with Crippen LogP contribution in [0.2, 0.25) is 0 Å². The number of piperidine rings is 1. The van der Waals surface area contributed by atoms with Gasteiger partial charge in [-0.3, -0.25) is 4.79 Å². The number of benzene rings is 1. The van der Waals surface area contributed by atoms with E-state index in [0.717, 1.165) is 25.9 Å². The number of ether oxygens (including phenoxy) is 3. The molecule has 2 aliphatic heterocycles. The Kier molecular flexibility index (Phi) is 4.88. The molecular weight excluding hydrogens is 300 g/mol. The summed E-state index contributed by atoms with van der Waals surface area (Å²) in [5.41, 5.74) is 5.32. The van der Waals surface area contributed by atoms with Gasteiger partial charge < -0.3 is 30.0 Å². The minimum absolute atomic E-state index is 0.0340. The standard InChI is InChI=1S/C16H22N2O5/c17-16(20)11-3-5-18(6-4-11)8-12(19)9-21-13-1-2-14-15(7-13)23-10-22-14/h1-2,7,11-12,19H,3-6,8-10H2,(H2,17,20). The molecule has 1 atom stereocenters. The molecule has 2 aliphatic rings. The topological polar surface area (TPSA) is 94.3 Å². The Balaban J connectivity index is 1.41. The van der Waals surface area contributed by atoms with Crippen LogP contribution in [0.15, 0.2) is 18.2 Å². The van der Waals surface area contributed by atoms with E-state index >= 15 is 0 Å². The molecule has 126 valence electrons. The van der Waals surface area contributed by atoms with Crippen molar-refractivity contribution in [3.8, 4) is 17.2 Å². The third-order valence-electron chi connectivity index (χ3n) is 4.25. The van der Waals surface area contributed by atoms with Crippen molar-refractivity contribution in [2.24, 2.45) is 11.7 Å². The second-order valence-electron chi connectivity index (χ2n) is 5.96. The summed E-state index contributed by atoms with van der Waals surface area (Å²) in [6.45, 7) is 2.50. The van der Waals surface area contributed by atoms with E-state index in [1.165, 1.54) is 0 Å². The fraction of sp³-hybridized carbons (Fsp3) is 0.562. The molecule has 0 aliphatic carbocycles. The van der Waals surface area contributed by atoms with Crippen molar-refractivity contribution in [3.05, 3.63) is 18.2 Å². The monoisotopic (exact) mass is 322 g/mol. The average Bonchev–Trinajstić information content (AvgIpc) is 3.01. The van der Waals surface area contributed by atoms with E-state index < -0.39 is 6.10 Å². The van der Waals surface area contributed by atoms with Crippen molar-refractivity contribution in [2.45, 2.75) is 18.9 Å². The van der Waals surface area contributed by atoms with Gasteiger partial charge in [-0.25, -0.2) is 0 Å². The first-order valence-corrected chi connectivity index (χ1v) is 7.84. The van der Waals surface area contributed by atoms with Crippen molar-refractivity contribution in [3.63, 3.8) is 0 Å². The zero-order valence-corrected chi connectivity index (χ0v) is 12.9. The SMILES string of the molecule is NC(=O)C1CCN(CC(O)COc2ccc3c(c2)OCO3)CC1. The Hall–Kier alpha value is -1.99. The third kappa shape index (κ3) is 4.05. The summed E-state index contributed by atoms with van der Waals surface area (Å²) in [5.74, 6) is 1.74. The molecule has 0 saturated carbocycles. The fourth-order valence-corrected chi connectivity index (χ4v) is 2.91. The Bertz CT molecular complexity index is 557. The molecule has 1 saturated heterocycles. The quantitative estimate of drug-likeness (QED) is 0.785. The highest BCUT2D eigenvalue weighted by Gasteiger charge is 2.24. The lowest BCUT2D eigenvalue weighted by Gasteiger charge is -2.31. The highest BCUT2D eigenvalue weighted by Crippen LogP contribution is 2.35. The third-order valence-corrected chi connectivity index (χ3v) is 4.25. The van der Waals surface area contributed by atoms with Crippen LogP contribution in [-0.4, -0.2) is 55.1 Å².